The van der Waals surface area contributed by atoms with Crippen LogP contribution in [0.2, 0.25) is 0 Å². The van der Waals surface area contributed by atoms with E-state index in [9.17, 15) is 31.9 Å². The van der Waals surface area contributed by atoms with Gasteiger partial charge in [0.05, 0.1) is 18.0 Å². The SMILES string of the molecule is C[C@@H]1CC([C@H](c2ccc(F)cc2)[C@@H](C(=O)Nc2cc(F)ccc2CC[C@H]2CN[C@@H]3CCCS(=O)(=O)N2C3)N(C)C(=O)O)C[C@H](C)O1. The van der Waals surface area contributed by atoms with Crippen LogP contribution in [0.4, 0.5) is 19.3 Å². The zero-order valence-corrected chi connectivity index (χ0v) is 27.3. The van der Waals surface area contributed by atoms with Gasteiger partial charge < -0.3 is 20.5 Å². The molecule has 0 saturated carbocycles. The number of carbonyl (C=O) groups is 2. The molecule has 8 atom stereocenters. The minimum atomic E-state index is -3.40. The fourth-order valence-electron chi connectivity index (χ4n) is 7.50. The van der Waals surface area contributed by atoms with E-state index in [0.29, 0.717) is 56.3 Å². The van der Waals surface area contributed by atoms with Crippen LogP contribution in [0.25, 0.3) is 0 Å². The van der Waals surface area contributed by atoms with E-state index in [4.69, 9.17) is 4.74 Å². The van der Waals surface area contributed by atoms with Crippen molar-refractivity contribution in [1.29, 1.82) is 0 Å². The summed E-state index contributed by atoms with van der Waals surface area (Å²) in [5.41, 5.74) is 1.41. The summed E-state index contributed by atoms with van der Waals surface area (Å²) >= 11 is 0. The Labute approximate surface area is 269 Å². The number of benzene rings is 2. The number of nitrogens with one attached hydrogen (secondary N) is 2. The highest BCUT2D eigenvalue weighted by Crippen LogP contribution is 2.41. The third-order valence-electron chi connectivity index (χ3n) is 9.66. The Bertz CT molecular complexity index is 1500. The number of fused-ring (bicyclic) bond motifs is 2. The van der Waals surface area contributed by atoms with Gasteiger partial charge in [0.25, 0.3) is 0 Å². The Morgan fingerprint density at radius 3 is 2.46 bits per heavy atom. The summed E-state index contributed by atoms with van der Waals surface area (Å²) in [5, 5.41) is 16.4. The number of hydrogen-bond donors (Lipinski definition) is 3. The van der Waals surface area contributed by atoms with Crippen molar-refractivity contribution >= 4 is 27.7 Å². The summed E-state index contributed by atoms with van der Waals surface area (Å²) < 4.78 is 62.1. The van der Waals surface area contributed by atoms with Gasteiger partial charge in [0, 0.05) is 43.8 Å². The minimum absolute atomic E-state index is 0.109. The molecular weight excluding hydrogens is 618 g/mol. The van der Waals surface area contributed by atoms with Crippen molar-refractivity contribution in [3.8, 4) is 0 Å². The van der Waals surface area contributed by atoms with Crippen LogP contribution in [0.3, 0.4) is 0 Å². The van der Waals surface area contributed by atoms with E-state index in [1.54, 1.807) is 22.5 Å². The van der Waals surface area contributed by atoms with Gasteiger partial charge in [-0.05, 0) is 93.7 Å². The summed E-state index contributed by atoms with van der Waals surface area (Å²) in [6.07, 6.45) is 1.74. The number of carboxylic acid groups (broad SMARTS) is 1. The maximum atomic E-state index is 14.6. The van der Waals surface area contributed by atoms with Crippen molar-refractivity contribution in [3.05, 3.63) is 65.2 Å². The lowest BCUT2D eigenvalue weighted by molar-refractivity contribution is -0.123. The number of aryl methyl sites for hydroxylation is 1. The largest absolute Gasteiger partial charge is 0.465 e. The average Bonchev–Trinajstić information content (AvgIpc) is 3.10. The second-order valence-electron chi connectivity index (χ2n) is 13.0. The van der Waals surface area contributed by atoms with E-state index in [0.717, 1.165) is 11.3 Å². The van der Waals surface area contributed by atoms with Crippen molar-refractivity contribution in [2.45, 2.75) is 88.6 Å². The Balaban J connectivity index is 1.44. The first kappa shape index (κ1) is 34.2. The predicted octanol–water partition coefficient (Wildman–Crippen LogP) is 4.57. The first-order chi connectivity index (χ1) is 21.8. The number of hydrogen-bond acceptors (Lipinski definition) is 6. The van der Waals surface area contributed by atoms with Crippen LogP contribution in [-0.2, 0) is 26.0 Å². The maximum Gasteiger partial charge on any atom is 0.407 e. The first-order valence-electron chi connectivity index (χ1n) is 16.0. The zero-order valence-electron chi connectivity index (χ0n) is 26.5. The van der Waals surface area contributed by atoms with Crippen LogP contribution in [0.5, 0.6) is 0 Å². The maximum absolute atomic E-state index is 14.6. The number of piperazine rings is 1. The van der Waals surface area contributed by atoms with Crippen LogP contribution in [0, 0.1) is 17.6 Å². The molecule has 3 aliphatic heterocycles. The third-order valence-corrected chi connectivity index (χ3v) is 11.6. The summed E-state index contributed by atoms with van der Waals surface area (Å²) in [6, 6.07) is 8.39. The normalized spacial score (nSPS) is 28.8. The number of halogens is 2. The Hall–Kier alpha value is -3.13. The van der Waals surface area contributed by atoms with Gasteiger partial charge in [0.15, 0.2) is 0 Å². The van der Waals surface area contributed by atoms with Gasteiger partial charge in [-0.1, -0.05) is 18.2 Å². The molecule has 2 amide bonds. The second kappa shape index (κ2) is 14.3. The molecule has 0 radical (unpaired) electrons. The molecule has 46 heavy (non-hydrogen) atoms. The molecule has 0 aliphatic carbocycles. The standard InChI is InChI=1S/C33H44F2N4O6S/c1-20-15-24(16-21(2)45-20)30(23-7-10-25(34)11-8-23)31(38(3)33(41)42)32(40)37-29-17-26(35)12-6-22(29)9-13-28-18-36-27-5-4-14-46(43,44)39(28)19-27/h6-8,10-12,17,20-21,24,27-28,30-31,36H,4-5,9,13-16,18-19H2,1-3H3,(H,37,40)(H,41,42)/t20-,21+,24?,27-,28+,30+,31+/m1/s1. The molecule has 3 saturated heterocycles. The molecule has 13 heteroatoms. The van der Waals surface area contributed by atoms with E-state index in [2.05, 4.69) is 10.6 Å². The van der Waals surface area contributed by atoms with Crippen molar-refractivity contribution in [1.82, 2.24) is 14.5 Å². The number of nitrogens with zero attached hydrogens (tertiary/aromatic N) is 2. The molecule has 3 heterocycles. The van der Waals surface area contributed by atoms with Gasteiger partial charge >= 0.3 is 6.09 Å². The van der Waals surface area contributed by atoms with Gasteiger partial charge in [-0.15, -0.1) is 0 Å². The number of sulfonamides is 1. The van der Waals surface area contributed by atoms with Crippen LogP contribution >= 0.6 is 0 Å². The highest BCUT2D eigenvalue weighted by Gasteiger charge is 2.43. The molecule has 0 spiro atoms. The second-order valence-corrected chi connectivity index (χ2v) is 15.1. The van der Waals surface area contributed by atoms with Crippen LogP contribution in [0.1, 0.15) is 63.0 Å². The molecule has 10 nitrogen and oxygen atoms in total. The lowest BCUT2D eigenvalue weighted by atomic mass is 9.73. The Morgan fingerprint density at radius 1 is 1.11 bits per heavy atom. The lowest BCUT2D eigenvalue weighted by Crippen LogP contribution is -2.57. The highest BCUT2D eigenvalue weighted by molar-refractivity contribution is 7.89. The van der Waals surface area contributed by atoms with E-state index >= 15 is 0 Å². The number of carbonyl (C=O) groups excluding carboxylic acids is 1. The molecule has 2 bridgehead atoms. The van der Waals surface area contributed by atoms with E-state index in [1.807, 2.05) is 13.8 Å². The van der Waals surface area contributed by atoms with Crippen molar-refractivity contribution in [3.63, 3.8) is 0 Å². The number of rotatable bonds is 9. The number of ether oxygens (including phenoxy) is 1. The van der Waals surface area contributed by atoms with Crippen LogP contribution in [0.15, 0.2) is 42.5 Å². The van der Waals surface area contributed by atoms with Crippen molar-refractivity contribution in [2.24, 2.45) is 5.92 Å². The smallest absolute Gasteiger partial charge is 0.407 e. The van der Waals surface area contributed by atoms with Gasteiger partial charge in [0.2, 0.25) is 15.9 Å². The van der Waals surface area contributed by atoms with E-state index in [-0.39, 0.29) is 41.6 Å². The predicted molar refractivity (Wildman–Crippen MR) is 170 cm³/mol. The van der Waals surface area contributed by atoms with E-state index in [1.165, 1.54) is 31.3 Å². The fraction of sp³-hybridized carbons (Fsp3) is 0.576. The molecule has 252 valence electrons. The topological polar surface area (TPSA) is 128 Å². The molecule has 2 aromatic rings. The molecular formula is C33H44F2N4O6S. The number of likely N-dealkylation sites (N-methyl/N-ethyl adjacent to an activating group) is 1. The van der Waals surface area contributed by atoms with Gasteiger partial charge in [-0.3, -0.25) is 9.69 Å². The quantitative estimate of drug-likeness (QED) is 0.359. The number of anilines is 1. The first-order valence-corrected chi connectivity index (χ1v) is 17.6. The average molecular weight is 663 g/mol. The van der Waals surface area contributed by atoms with Crippen LogP contribution in [-0.4, -0.2) is 91.0 Å². The molecule has 3 aliphatic rings. The lowest BCUT2D eigenvalue weighted by Gasteiger charge is -2.42. The highest BCUT2D eigenvalue weighted by atomic mass is 32.2. The van der Waals surface area contributed by atoms with Gasteiger partial charge in [-0.2, -0.15) is 4.31 Å². The molecule has 3 fully saturated rings. The van der Waals surface area contributed by atoms with Crippen molar-refractivity contribution in [2.75, 3.05) is 31.2 Å². The van der Waals surface area contributed by atoms with Crippen molar-refractivity contribution < 1.29 is 36.6 Å². The molecule has 2 aromatic carbocycles. The summed E-state index contributed by atoms with van der Waals surface area (Å²) in [7, 11) is -2.07. The molecule has 5 rings (SSSR count). The summed E-state index contributed by atoms with van der Waals surface area (Å²) in [5.74, 6) is -2.40. The minimum Gasteiger partial charge on any atom is -0.465 e. The molecule has 2 unspecified atom stereocenters. The third kappa shape index (κ3) is 7.87. The summed E-state index contributed by atoms with van der Waals surface area (Å²) in [4.78, 5) is 27.6. The number of amides is 2. The summed E-state index contributed by atoms with van der Waals surface area (Å²) in [6.45, 7) is 4.77. The Morgan fingerprint density at radius 2 is 1.78 bits per heavy atom. The zero-order chi connectivity index (χ0) is 33.2. The fourth-order valence-corrected chi connectivity index (χ4v) is 9.31. The monoisotopic (exact) mass is 662 g/mol. The van der Waals surface area contributed by atoms with Crippen LogP contribution < -0.4 is 10.6 Å². The van der Waals surface area contributed by atoms with Gasteiger partial charge in [-0.25, -0.2) is 22.0 Å². The van der Waals surface area contributed by atoms with Gasteiger partial charge in [0.1, 0.15) is 17.7 Å². The Kier molecular flexibility index (Phi) is 10.7. The molecule has 0 aromatic heterocycles. The van der Waals surface area contributed by atoms with E-state index < -0.39 is 45.6 Å². The molecule has 3 N–H and O–H groups in total.